The fraction of sp³-hybridized carbons (Fsp3) is 0.250. The van der Waals surface area contributed by atoms with Crippen molar-refractivity contribution in [2.45, 2.75) is 6.92 Å². The van der Waals surface area contributed by atoms with Gasteiger partial charge in [0.25, 0.3) is 0 Å². The van der Waals surface area contributed by atoms with Crippen LogP contribution >= 0.6 is 11.6 Å². The van der Waals surface area contributed by atoms with E-state index in [9.17, 15) is 4.79 Å². The molecule has 1 aromatic heterocycles. The lowest BCUT2D eigenvalue weighted by atomic mass is 10.2. The number of nitrogen functional groups attached to an aromatic ring is 1. The van der Waals surface area contributed by atoms with Crippen molar-refractivity contribution in [1.82, 2.24) is 4.98 Å². The summed E-state index contributed by atoms with van der Waals surface area (Å²) in [6, 6.07) is 1.57. The van der Waals surface area contributed by atoms with Gasteiger partial charge in [0.05, 0.1) is 12.8 Å². The minimum Gasteiger partial charge on any atom is -0.465 e. The van der Waals surface area contributed by atoms with Gasteiger partial charge in [-0.05, 0) is 13.0 Å². The normalized spacial score (nSPS) is 9.77. The third-order valence-corrected chi connectivity index (χ3v) is 1.80. The number of esters is 1. The lowest BCUT2D eigenvalue weighted by Crippen LogP contribution is -2.08. The Labute approximate surface area is 80.7 Å². The van der Waals surface area contributed by atoms with E-state index in [0.29, 0.717) is 5.69 Å². The maximum atomic E-state index is 11.1. The van der Waals surface area contributed by atoms with Crippen molar-refractivity contribution in [3.63, 3.8) is 0 Å². The molecule has 0 radical (unpaired) electrons. The molecule has 0 spiro atoms. The van der Waals surface area contributed by atoms with Crippen LogP contribution in [0.3, 0.4) is 0 Å². The summed E-state index contributed by atoms with van der Waals surface area (Å²) >= 11 is 5.72. The molecule has 1 aromatic rings. The van der Waals surface area contributed by atoms with Gasteiger partial charge in [0, 0.05) is 5.69 Å². The Morgan fingerprint density at radius 1 is 1.69 bits per heavy atom. The summed E-state index contributed by atoms with van der Waals surface area (Å²) in [7, 11) is 1.26. The first-order valence-corrected chi connectivity index (χ1v) is 3.95. The number of pyridine rings is 1. The number of rotatable bonds is 1. The molecular formula is C8H9ClN2O2. The van der Waals surface area contributed by atoms with Crippen LogP contribution in [0.2, 0.25) is 5.15 Å². The number of nitrogens with zero attached hydrogens (tertiary/aromatic N) is 1. The fourth-order valence-electron chi connectivity index (χ4n) is 0.963. The second-order valence-corrected chi connectivity index (χ2v) is 2.87. The Morgan fingerprint density at radius 3 is 2.77 bits per heavy atom. The summed E-state index contributed by atoms with van der Waals surface area (Å²) < 4.78 is 4.49. The molecule has 0 aromatic carbocycles. The summed E-state index contributed by atoms with van der Waals surface area (Å²) in [6.07, 6.45) is 0. The maximum absolute atomic E-state index is 11.1. The average Bonchev–Trinajstić information content (AvgIpc) is 2.02. The Morgan fingerprint density at radius 2 is 2.31 bits per heavy atom. The van der Waals surface area contributed by atoms with Crippen LogP contribution in [0.5, 0.6) is 0 Å². The highest BCUT2D eigenvalue weighted by Crippen LogP contribution is 2.21. The zero-order chi connectivity index (χ0) is 10.0. The Kier molecular flexibility index (Phi) is 2.72. The molecule has 0 bridgehead atoms. The van der Waals surface area contributed by atoms with E-state index in [1.165, 1.54) is 7.11 Å². The average molecular weight is 201 g/mol. The highest BCUT2D eigenvalue weighted by Gasteiger charge is 2.15. The first-order chi connectivity index (χ1) is 6.06. The number of anilines is 1. The van der Waals surface area contributed by atoms with E-state index in [-0.39, 0.29) is 16.4 Å². The second-order valence-electron chi connectivity index (χ2n) is 2.51. The molecule has 4 nitrogen and oxygen atoms in total. The Balaban J connectivity index is 3.28. The van der Waals surface area contributed by atoms with Gasteiger partial charge in [0.1, 0.15) is 10.7 Å². The number of hydrogen-bond donors (Lipinski definition) is 1. The molecular weight excluding hydrogens is 192 g/mol. The number of aromatic nitrogens is 1. The van der Waals surface area contributed by atoms with Crippen LogP contribution in [0.15, 0.2) is 6.07 Å². The number of nitrogens with two attached hydrogens (primary N) is 1. The number of hydrogen-bond acceptors (Lipinski definition) is 4. The van der Waals surface area contributed by atoms with E-state index >= 15 is 0 Å². The minimum atomic E-state index is -0.574. The molecule has 0 aliphatic carbocycles. The smallest absolute Gasteiger partial charge is 0.343 e. The fourth-order valence-corrected chi connectivity index (χ4v) is 1.28. The standard InChI is InChI=1S/C8H9ClN2O2/c1-4-3-5(10)6(7(9)11-4)8(12)13-2/h3H,1-2H3,(H2,10,11). The maximum Gasteiger partial charge on any atom is 0.343 e. The van der Waals surface area contributed by atoms with Gasteiger partial charge in [-0.15, -0.1) is 0 Å². The van der Waals surface area contributed by atoms with Crippen LogP contribution in [0, 0.1) is 6.92 Å². The quantitative estimate of drug-likeness (QED) is 0.550. The summed E-state index contributed by atoms with van der Waals surface area (Å²) in [5.74, 6) is -0.574. The van der Waals surface area contributed by atoms with Crippen molar-refractivity contribution >= 4 is 23.3 Å². The predicted molar refractivity (Wildman–Crippen MR) is 49.7 cm³/mol. The molecule has 0 aliphatic rings. The summed E-state index contributed by atoms with van der Waals surface area (Å²) in [6.45, 7) is 1.74. The summed E-state index contributed by atoms with van der Waals surface area (Å²) in [4.78, 5) is 15.0. The predicted octanol–water partition coefficient (Wildman–Crippen LogP) is 1.41. The molecule has 2 N–H and O–H groups in total. The van der Waals surface area contributed by atoms with E-state index in [4.69, 9.17) is 17.3 Å². The van der Waals surface area contributed by atoms with E-state index in [2.05, 4.69) is 9.72 Å². The van der Waals surface area contributed by atoms with Crippen LogP contribution in [0.4, 0.5) is 5.69 Å². The first-order valence-electron chi connectivity index (χ1n) is 3.57. The summed E-state index contributed by atoms with van der Waals surface area (Å²) in [5, 5.41) is 0.0735. The van der Waals surface area contributed by atoms with E-state index in [0.717, 1.165) is 0 Å². The first kappa shape index (κ1) is 9.80. The number of ether oxygens (including phenoxy) is 1. The summed E-state index contributed by atoms with van der Waals surface area (Å²) in [5.41, 5.74) is 6.64. The second kappa shape index (κ2) is 3.62. The van der Waals surface area contributed by atoms with Crippen LogP contribution in [-0.2, 0) is 4.74 Å². The monoisotopic (exact) mass is 200 g/mol. The molecule has 0 amide bonds. The van der Waals surface area contributed by atoms with Crippen LogP contribution in [0.25, 0.3) is 0 Å². The number of carbonyl (C=O) groups is 1. The molecule has 1 heterocycles. The largest absolute Gasteiger partial charge is 0.465 e. The number of aryl methyl sites for hydroxylation is 1. The van der Waals surface area contributed by atoms with Crippen molar-refractivity contribution in [2.75, 3.05) is 12.8 Å². The van der Waals surface area contributed by atoms with Crippen molar-refractivity contribution in [3.8, 4) is 0 Å². The zero-order valence-corrected chi connectivity index (χ0v) is 8.05. The molecule has 0 saturated carbocycles. The van der Waals surface area contributed by atoms with E-state index in [1.807, 2.05) is 0 Å². The molecule has 0 saturated heterocycles. The molecule has 0 aliphatic heterocycles. The zero-order valence-electron chi connectivity index (χ0n) is 7.30. The van der Waals surface area contributed by atoms with Crippen molar-refractivity contribution < 1.29 is 9.53 Å². The van der Waals surface area contributed by atoms with Gasteiger partial charge in [-0.3, -0.25) is 0 Å². The molecule has 5 heteroatoms. The molecule has 0 fully saturated rings. The minimum absolute atomic E-state index is 0.0735. The third-order valence-electron chi connectivity index (χ3n) is 1.52. The van der Waals surface area contributed by atoms with Crippen molar-refractivity contribution in [2.24, 2.45) is 0 Å². The number of halogens is 1. The molecule has 13 heavy (non-hydrogen) atoms. The SMILES string of the molecule is COC(=O)c1c(N)cc(C)nc1Cl. The highest BCUT2D eigenvalue weighted by atomic mass is 35.5. The van der Waals surface area contributed by atoms with Gasteiger partial charge in [0.15, 0.2) is 0 Å². The lowest BCUT2D eigenvalue weighted by molar-refractivity contribution is 0.0601. The van der Waals surface area contributed by atoms with Crippen LogP contribution in [-0.4, -0.2) is 18.1 Å². The van der Waals surface area contributed by atoms with Crippen LogP contribution < -0.4 is 5.73 Å². The van der Waals surface area contributed by atoms with E-state index < -0.39 is 5.97 Å². The van der Waals surface area contributed by atoms with Gasteiger partial charge in [-0.2, -0.15) is 0 Å². The van der Waals surface area contributed by atoms with Crippen molar-refractivity contribution in [1.29, 1.82) is 0 Å². The highest BCUT2D eigenvalue weighted by molar-refractivity contribution is 6.33. The van der Waals surface area contributed by atoms with Gasteiger partial charge in [-0.1, -0.05) is 11.6 Å². The molecule has 0 unspecified atom stereocenters. The van der Waals surface area contributed by atoms with Gasteiger partial charge >= 0.3 is 5.97 Å². The van der Waals surface area contributed by atoms with Crippen LogP contribution in [0.1, 0.15) is 16.1 Å². The van der Waals surface area contributed by atoms with E-state index in [1.54, 1.807) is 13.0 Å². The Hall–Kier alpha value is -1.29. The topological polar surface area (TPSA) is 65.2 Å². The molecule has 1 rings (SSSR count). The van der Waals surface area contributed by atoms with Gasteiger partial charge in [0.2, 0.25) is 0 Å². The molecule has 70 valence electrons. The number of carbonyl (C=O) groups excluding carboxylic acids is 1. The third kappa shape index (κ3) is 1.89. The van der Waals surface area contributed by atoms with Gasteiger partial charge < -0.3 is 10.5 Å². The lowest BCUT2D eigenvalue weighted by Gasteiger charge is -2.05. The molecule has 0 atom stereocenters. The number of methoxy groups -OCH3 is 1. The van der Waals surface area contributed by atoms with Gasteiger partial charge in [-0.25, -0.2) is 9.78 Å². The Bertz CT molecular complexity index is 329. The van der Waals surface area contributed by atoms with Crippen molar-refractivity contribution in [3.05, 3.63) is 22.5 Å².